The first-order chi connectivity index (χ1) is 22.6. The summed E-state index contributed by atoms with van der Waals surface area (Å²) in [6.07, 6.45) is -0.828. The van der Waals surface area contributed by atoms with Crippen LogP contribution in [0.4, 0.5) is 0 Å². The van der Waals surface area contributed by atoms with Gasteiger partial charge < -0.3 is 0 Å². The Balaban J connectivity index is 1.38. The molecule has 46 heavy (non-hydrogen) atoms. The van der Waals surface area contributed by atoms with Crippen molar-refractivity contribution in [1.82, 2.24) is 9.55 Å². The van der Waals surface area contributed by atoms with E-state index in [2.05, 4.69) is 17.1 Å². The number of rotatable bonds is 13. The fraction of sp³-hybridized carbons (Fsp3) is 0.243. The molecule has 0 bridgehead atoms. The number of nitrogens with one attached hydrogen (secondary N) is 1. The summed E-state index contributed by atoms with van der Waals surface area (Å²) in [5, 5.41) is 0. The molecule has 0 spiro atoms. The summed E-state index contributed by atoms with van der Waals surface area (Å²) in [7, 11) is 0. The van der Waals surface area contributed by atoms with E-state index in [9.17, 15) is 9.59 Å². The third-order valence-corrected chi connectivity index (χ3v) is 10.5. The Morgan fingerprint density at radius 2 is 1.17 bits per heavy atom. The minimum absolute atomic E-state index is 0.208. The fourth-order valence-corrected chi connectivity index (χ4v) is 8.20. The fourth-order valence-electron chi connectivity index (χ4n) is 5.45. The van der Waals surface area contributed by atoms with Gasteiger partial charge in [0.1, 0.15) is 0 Å². The maximum atomic E-state index is 13.3. The normalized spacial score (nSPS) is 21.2. The van der Waals surface area contributed by atoms with Crippen molar-refractivity contribution >= 4 is 19.4 Å². The van der Waals surface area contributed by atoms with E-state index in [-0.39, 0.29) is 26.4 Å². The molecule has 1 aliphatic heterocycles. The third kappa shape index (κ3) is 8.39. The Bertz CT molecular complexity index is 1750. The quantitative estimate of drug-likeness (QED) is 0.182. The SMILES string of the molecule is O=c1ccn([C@H]2O[C@H](COCc3ccccc3)[C@@H](OCc3ccccc3)[C@H](OCc3ccccc3)[C@@H]2[Se]c2ccccc2)c(=O)[nH]1. The molecule has 236 valence electrons. The zero-order valence-electron chi connectivity index (χ0n) is 25.2. The summed E-state index contributed by atoms with van der Waals surface area (Å²) in [4.78, 5) is 27.4. The third-order valence-electron chi connectivity index (χ3n) is 7.71. The van der Waals surface area contributed by atoms with Crippen LogP contribution in [0.1, 0.15) is 22.9 Å². The van der Waals surface area contributed by atoms with Gasteiger partial charge in [-0.05, 0) is 0 Å². The van der Waals surface area contributed by atoms with Gasteiger partial charge in [-0.15, -0.1) is 0 Å². The first kappa shape index (κ1) is 31.9. The maximum absolute atomic E-state index is 13.3. The van der Waals surface area contributed by atoms with Gasteiger partial charge in [0.15, 0.2) is 0 Å². The molecule has 1 saturated heterocycles. The molecule has 0 radical (unpaired) electrons. The number of hydrogen-bond acceptors (Lipinski definition) is 6. The average Bonchev–Trinajstić information content (AvgIpc) is 3.09. The second kappa shape index (κ2) is 16.0. The Labute approximate surface area is 274 Å². The Hall–Kier alpha value is -4.08. The zero-order valence-corrected chi connectivity index (χ0v) is 26.9. The summed E-state index contributed by atoms with van der Waals surface area (Å²) < 4.78 is 29.2. The Morgan fingerprint density at radius 1 is 0.652 bits per heavy atom. The van der Waals surface area contributed by atoms with Gasteiger partial charge >= 0.3 is 275 Å². The molecule has 0 saturated carbocycles. The first-order valence-corrected chi connectivity index (χ1v) is 17.1. The van der Waals surface area contributed by atoms with Crippen LogP contribution in [-0.2, 0) is 38.8 Å². The van der Waals surface area contributed by atoms with Gasteiger partial charge in [0.25, 0.3) is 0 Å². The van der Waals surface area contributed by atoms with E-state index in [0.29, 0.717) is 19.8 Å². The molecule has 1 aromatic heterocycles. The second-order valence-corrected chi connectivity index (χ2v) is 13.6. The van der Waals surface area contributed by atoms with Gasteiger partial charge in [0.05, 0.1) is 0 Å². The van der Waals surface area contributed by atoms with E-state index >= 15 is 0 Å². The molecule has 0 unspecified atom stereocenters. The molecule has 9 heteroatoms. The van der Waals surface area contributed by atoms with Crippen molar-refractivity contribution in [3.05, 3.63) is 171 Å². The average molecular weight is 684 g/mol. The van der Waals surface area contributed by atoms with Crippen molar-refractivity contribution in [3.8, 4) is 0 Å². The van der Waals surface area contributed by atoms with Crippen molar-refractivity contribution in [3.63, 3.8) is 0 Å². The number of aromatic nitrogens is 2. The molecule has 1 aliphatic rings. The Morgan fingerprint density at radius 3 is 1.74 bits per heavy atom. The first-order valence-electron chi connectivity index (χ1n) is 15.3. The summed E-state index contributed by atoms with van der Waals surface area (Å²) in [6, 6.07) is 41.4. The molecule has 1 N–H and O–H groups in total. The number of benzene rings is 4. The number of H-pyrrole nitrogens is 1. The molecular formula is C37H36N2O6Se. The van der Waals surface area contributed by atoms with Gasteiger partial charge in [-0.25, -0.2) is 0 Å². The molecule has 1 fully saturated rings. The summed E-state index contributed by atoms with van der Waals surface area (Å²) in [6.45, 7) is 1.30. The van der Waals surface area contributed by atoms with E-state index in [4.69, 9.17) is 18.9 Å². The molecule has 0 aliphatic carbocycles. The van der Waals surface area contributed by atoms with Crippen molar-refractivity contribution in [2.24, 2.45) is 0 Å². The molecular weight excluding hydrogens is 647 g/mol. The van der Waals surface area contributed by atoms with Crippen molar-refractivity contribution in [2.45, 2.75) is 49.2 Å². The molecule has 6 rings (SSSR count). The molecule has 4 aromatic carbocycles. The van der Waals surface area contributed by atoms with Crippen molar-refractivity contribution in [2.75, 3.05) is 6.61 Å². The van der Waals surface area contributed by atoms with Gasteiger partial charge in [0, 0.05) is 0 Å². The van der Waals surface area contributed by atoms with Crippen LogP contribution in [0.25, 0.3) is 0 Å². The molecule has 5 atom stereocenters. The van der Waals surface area contributed by atoms with E-state index < -0.39 is 35.8 Å². The van der Waals surface area contributed by atoms with Gasteiger partial charge in [-0.2, -0.15) is 0 Å². The van der Waals surface area contributed by atoms with Crippen LogP contribution in [0.3, 0.4) is 0 Å². The van der Waals surface area contributed by atoms with Crippen molar-refractivity contribution in [1.29, 1.82) is 0 Å². The van der Waals surface area contributed by atoms with Crippen LogP contribution in [-0.4, -0.2) is 49.4 Å². The van der Waals surface area contributed by atoms with Crippen LogP contribution < -0.4 is 15.7 Å². The summed E-state index contributed by atoms with van der Waals surface area (Å²) >= 11 is -0.215. The molecule has 5 aromatic rings. The number of nitrogens with zero attached hydrogens (tertiary/aromatic N) is 1. The summed E-state index contributed by atoms with van der Waals surface area (Å²) in [5.41, 5.74) is 2.08. The van der Waals surface area contributed by atoms with Crippen LogP contribution in [0.5, 0.6) is 0 Å². The molecule has 0 amide bonds. The van der Waals surface area contributed by atoms with Crippen molar-refractivity contribution < 1.29 is 18.9 Å². The predicted octanol–water partition coefficient (Wildman–Crippen LogP) is 4.64. The van der Waals surface area contributed by atoms with E-state index in [0.717, 1.165) is 21.2 Å². The van der Waals surface area contributed by atoms with E-state index in [1.165, 1.54) is 16.8 Å². The van der Waals surface area contributed by atoms with Gasteiger partial charge in [0.2, 0.25) is 0 Å². The van der Waals surface area contributed by atoms with Crippen LogP contribution in [0, 0.1) is 0 Å². The Kier molecular flexibility index (Phi) is 11.1. The topological polar surface area (TPSA) is 91.8 Å². The summed E-state index contributed by atoms with van der Waals surface area (Å²) in [5.74, 6) is 0. The number of ether oxygens (including phenoxy) is 4. The monoisotopic (exact) mass is 684 g/mol. The second-order valence-electron chi connectivity index (χ2n) is 11.0. The van der Waals surface area contributed by atoms with E-state index in [1.807, 2.05) is 109 Å². The number of aromatic amines is 1. The van der Waals surface area contributed by atoms with Crippen LogP contribution >= 0.6 is 0 Å². The molecule has 8 nitrogen and oxygen atoms in total. The van der Waals surface area contributed by atoms with E-state index in [1.54, 1.807) is 0 Å². The molecule has 2 heterocycles. The van der Waals surface area contributed by atoms with Gasteiger partial charge in [-0.1, -0.05) is 0 Å². The zero-order chi connectivity index (χ0) is 31.6. The van der Waals surface area contributed by atoms with Gasteiger partial charge in [-0.3, -0.25) is 0 Å². The standard InChI is InChI=1S/C37H36N2O6Se/c40-32-21-22-39(37(41)38-32)36-35(46-30-19-11-4-12-20-30)34(44-25-29-17-9-3-10-18-29)33(43-24-28-15-7-2-8-16-28)31(45-36)26-42-23-27-13-5-1-6-14-27/h1-22,31,33-36H,23-26H2,(H,38,40,41)/t31-,33-,34+,35+,36+/m1/s1. The minimum atomic E-state index is -0.743. The number of hydrogen-bond donors (Lipinski definition) is 1. The predicted molar refractivity (Wildman–Crippen MR) is 177 cm³/mol. The van der Waals surface area contributed by atoms with Crippen LogP contribution in [0.2, 0.25) is 4.82 Å². The van der Waals surface area contributed by atoms with Crippen LogP contribution in [0.15, 0.2) is 143 Å².